The molecule has 158 valence electrons. The minimum Gasteiger partial charge on any atom is -0.479 e. The number of para-hydroxylation sites is 2. The van der Waals surface area contributed by atoms with Crippen LogP contribution in [0.4, 0.5) is 16.2 Å². The van der Waals surface area contributed by atoms with Gasteiger partial charge in [0.2, 0.25) is 0 Å². The molecule has 4 rings (SSSR count). The molecule has 0 aromatic heterocycles. The molecular formula is C22H17Cl2N3O3S. The summed E-state index contributed by atoms with van der Waals surface area (Å²) in [7, 11) is 0. The average molecular weight is 474 g/mol. The first-order chi connectivity index (χ1) is 14.9. The lowest BCUT2D eigenvalue weighted by atomic mass is 10.2. The molecule has 0 fully saturated rings. The van der Waals surface area contributed by atoms with Crippen molar-refractivity contribution in [2.24, 2.45) is 0 Å². The number of nitrogens with zero attached hydrogens (tertiary/aromatic N) is 1. The Morgan fingerprint density at radius 1 is 0.935 bits per heavy atom. The number of carbonyl (C=O) groups is 2. The van der Waals surface area contributed by atoms with Crippen molar-refractivity contribution in [3.63, 3.8) is 0 Å². The molecule has 1 unspecified atom stereocenters. The number of amides is 3. The van der Waals surface area contributed by atoms with Crippen molar-refractivity contribution in [2.75, 3.05) is 4.90 Å². The van der Waals surface area contributed by atoms with E-state index in [0.29, 0.717) is 10.8 Å². The second kappa shape index (κ2) is 9.09. The van der Waals surface area contributed by atoms with Crippen molar-refractivity contribution >= 4 is 58.3 Å². The van der Waals surface area contributed by atoms with E-state index in [0.717, 1.165) is 21.2 Å². The van der Waals surface area contributed by atoms with Gasteiger partial charge in [-0.15, -0.1) is 0 Å². The molecule has 2 N–H and O–H groups in total. The molecule has 1 aliphatic heterocycles. The highest BCUT2D eigenvalue weighted by atomic mass is 35.5. The summed E-state index contributed by atoms with van der Waals surface area (Å²) in [6, 6.07) is 19.4. The average Bonchev–Trinajstić information content (AvgIpc) is 2.77. The van der Waals surface area contributed by atoms with Crippen LogP contribution >= 0.6 is 35.0 Å². The van der Waals surface area contributed by atoms with Crippen LogP contribution in [0.15, 0.2) is 76.5 Å². The Labute approximate surface area is 193 Å². The van der Waals surface area contributed by atoms with E-state index < -0.39 is 18.0 Å². The van der Waals surface area contributed by atoms with E-state index in [-0.39, 0.29) is 5.02 Å². The lowest BCUT2D eigenvalue weighted by Crippen LogP contribution is -2.51. The van der Waals surface area contributed by atoms with Gasteiger partial charge in [0.25, 0.3) is 5.91 Å². The van der Waals surface area contributed by atoms with Crippen molar-refractivity contribution in [1.29, 1.82) is 0 Å². The largest absolute Gasteiger partial charge is 0.479 e. The first-order valence-corrected chi connectivity index (χ1v) is 10.9. The number of hydrogen-bond acceptors (Lipinski definition) is 4. The van der Waals surface area contributed by atoms with Gasteiger partial charge in [-0.05, 0) is 49.4 Å². The molecule has 3 amide bonds. The maximum Gasteiger partial charge on any atom is 0.345 e. The van der Waals surface area contributed by atoms with Crippen molar-refractivity contribution in [2.45, 2.75) is 22.8 Å². The lowest BCUT2D eigenvalue weighted by Gasteiger charge is -2.31. The Bertz CT molecular complexity index is 1110. The van der Waals surface area contributed by atoms with E-state index in [1.165, 1.54) is 11.0 Å². The van der Waals surface area contributed by atoms with Gasteiger partial charge in [0, 0.05) is 14.8 Å². The number of carbonyl (C=O) groups excluding carboxylic acids is 2. The number of urea groups is 1. The number of nitrogens with one attached hydrogen (secondary N) is 2. The number of rotatable bonds is 3. The third-order valence-electron chi connectivity index (χ3n) is 4.49. The van der Waals surface area contributed by atoms with Crippen LogP contribution in [0, 0.1) is 0 Å². The standard InChI is InChI=1S/C22H17Cl2N3O3S/c1-13(30-18-11-10-14(23)12-15(18)24)21(28)25-26-22(29)27-16-6-2-4-8-19(16)31-20-9-5-3-7-17(20)27/h2-13H,1H3,(H,25,28)(H,26,29). The fourth-order valence-electron chi connectivity index (χ4n) is 3.01. The zero-order valence-electron chi connectivity index (χ0n) is 16.3. The van der Waals surface area contributed by atoms with Crippen molar-refractivity contribution in [3.8, 4) is 5.75 Å². The SMILES string of the molecule is CC(Oc1ccc(Cl)cc1Cl)C(=O)NNC(=O)N1c2ccccc2Sc2ccccc21. The topological polar surface area (TPSA) is 70.7 Å². The number of hydrogen-bond donors (Lipinski definition) is 2. The summed E-state index contributed by atoms with van der Waals surface area (Å²) in [4.78, 5) is 28.9. The van der Waals surface area contributed by atoms with E-state index in [1.54, 1.807) is 30.8 Å². The first kappa shape index (κ1) is 21.4. The zero-order valence-corrected chi connectivity index (χ0v) is 18.6. The van der Waals surface area contributed by atoms with Gasteiger partial charge in [-0.3, -0.25) is 15.1 Å². The third kappa shape index (κ3) is 4.58. The fourth-order valence-corrected chi connectivity index (χ4v) is 4.52. The van der Waals surface area contributed by atoms with Crippen molar-refractivity contribution in [3.05, 3.63) is 76.8 Å². The van der Waals surface area contributed by atoms with Gasteiger partial charge in [0.05, 0.1) is 16.4 Å². The Hall–Kier alpha value is -2.87. The van der Waals surface area contributed by atoms with Gasteiger partial charge in [0.1, 0.15) is 5.75 Å². The molecule has 0 aliphatic carbocycles. The molecule has 31 heavy (non-hydrogen) atoms. The molecule has 6 nitrogen and oxygen atoms in total. The molecule has 3 aromatic rings. The maximum absolute atomic E-state index is 13.0. The van der Waals surface area contributed by atoms with E-state index in [1.807, 2.05) is 48.5 Å². The highest BCUT2D eigenvalue weighted by Gasteiger charge is 2.28. The number of ether oxygens (including phenoxy) is 1. The molecule has 1 atom stereocenters. The molecule has 0 saturated carbocycles. The van der Waals surface area contributed by atoms with Crippen LogP contribution < -0.4 is 20.5 Å². The second-order valence-corrected chi connectivity index (χ2v) is 8.55. The van der Waals surface area contributed by atoms with Crippen LogP contribution in [0.2, 0.25) is 10.0 Å². The van der Waals surface area contributed by atoms with Crippen LogP contribution in [0.25, 0.3) is 0 Å². The maximum atomic E-state index is 13.0. The minimum atomic E-state index is -0.907. The Morgan fingerprint density at radius 2 is 1.55 bits per heavy atom. The number of fused-ring (bicyclic) bond motifs is 2. The van der Waals surface area contributed by atoms with Gasteiger partial charge in [-0.1, -0.05) is 59.2 Å². The summed E-state index contributed by atoms with van der Waals surface area (Å²) in [5, 5.41) is 0.747. The summed E-state index contributed by atoms with van der Waals surface area (Å²) in [5.74, 6) is -0.219. The zero-order chi connectivity index (χ0) is 22.0. The molecule has 0 saturated heterocycles. The molecule has 1 heterocycles. The normalized spacial score (nSPS) is 12.9. The Balaban J connectivity index is 1.46. The van der Waals surface area contributed by atoms with E-state index in [9.17, 15) is 9.59 Å². The van der Waals surface area contributed by atoms with Gasteiger partial charge in [-0.2, -0.15) is 0 Å². The summed E-state index contributed by atoms with van der Waals surface area (Å²) in [6.45, 7) is 1.55. The molecule has 0 spiro atoms. The van der Waals surface area contributed by atoms with E-state index in [4.69, 9.17) is 27.9 Å². The first-order valence-electron chi connectivity index (χ1n) is 9.31. The van der Waals surface area contributed by atoms with Crippen LogP contribution in [0.3, 0.4) is 0 Å². The van der Waals surface area contributed by atoms with Gasteiger partial charge in [0.15, 0.2) is 6.10 Å². The summed E-state index contributed by atoms with van der Waals surface area (Å²) in [5.41, 5.74) is 6.34. The summed E-state index contributed by atoms with van der Waals surface area (Å²) < 4.78 is 5.58. The highest BCUT2D eigenvalue weighted by Crippen LogP contribution is 2.47. The van der Waals surface area contributed by atoms with Crippen molar-refractivity contribution in [1.82, 2.24) is 10.9 Å². The molecule has 3 aromatic carbocycles. The number of benzene rings is 3. The predicted molar refractivity (Wildman–Crippen MR) is 122 cm³/mol. The molecule has 9 heteroatoms. The molecule has 1 aliphatic rings. The van der Waals surface area contributed by atoms with Crippen LogP contribution in [0.1, 0.15) is 6.92 Å². The Kier molecular flexibility index (Phi) is 6.27. The fraction of sp³-hybridized carbons (Fsp3) is 0.0909. The van der Waals surface area contributed by atoms with Crippen LogP contribution in [0.5, 0.6) is 5.75 Å². The van der Waals surface area contributed by atoms with Crippen LogP contribution in [-0.4, -0.2) is 18.0 Å². The molecule has 0 bridgehead atoms. The predicted octanol–water partition coefficient (Wildman–Crippen LogP) is 5.80. The third-order valence-corrected chi connectivity index (χ3v) is 6.16. The smallest absolute Gasteiger partial charge is 0.345 e. The minimum absolute atomic E-state index is 0.287. The number of hydrazine groups is 1. The summed E-state index contributed by atoms with van der Waals surface area (Å²) in [6.07, 6.45) is -0.907. The second-order valence-electron chi connectivity index (χ2n) is 6.63. The molecule has 0 radical (unpaired) electrons. The van der Waals surface area contributed by atoms with Crippen LogP contribution in [-0.2, 0) is 4.79 Å². The molecular weight excluding hydrogens is 457 g/mol. The quantitative estimate of drug-likeness (QED) is 0.471. The van der Waals surface area contributed by atoms with Gasteiger partial charge < -0.3 is 4.74 Å². The van der Waals surface area contributed by atoms with E-state index in [2.05, 4.69) is 10.9 Å². The van der Waals surface area contributed by atoms with E-state index >= 15 is 0 Å². The monoisotopic (exact) mass is 473 g/mol. The van der Waals surface area contributed by atoms with Crippen molar-refractivity contribution < 1.29 is 14.3 Å². The lowest BCUT2D eigenvalue weighted by molar-refractivity contribution is -0.127. The number of halogens is 2. The summed E-state index contributed by atoms with van der Waals surface area (Å²) >= 11 is 13.5. The Morgan fingerprint density at radius 3 is 2.16 bits per heavy atom. The van der Waals surface area contributed by atoms with Gasteiger partial charge >= 0.3 is 6.03 Å². The number of anilines is 2. The highest BCUT2D eigenvalue weighted by molar-refractivity contribution is 7.99. The van der Waals surface area contributed by atoms with Gasteiger partial charge in [-0.25, -0.2) is 10.2 Å².